The largest absolute Gasteiger partial charge is 0.458 e. The highest BCUT2D eigenvalue weighted by molar-refractivity contribution is 5.85. The Morgan fingerprint density at radius 3 is 2.00 bits per heavy atom. The van der Waals surface area contributed by atoms with Crippen molar-refractivity contribution in [3.8, 4) is 0 Å². The summed E-state index contributed by atoms with van der Waals surface area (Å²) in [5, 5.41) is 0. The van der Waals surface area contributed by atoms with Gasteiger partial charge in [-0.25, -0.2) is 18.8 Å². The van der Waals surface area contributed by atoms with Gasteiger partial charge in [0, 0.05) is 19.9 Å². The summed E-state index contributed by atoms with van der Waals surface area (Å²) in [5.74, 6) is -2.14. The smallest absolute Gasteiger partial charge is 0.416 e. The van der Waals surface area contributed by atoms with Crippen LogP contribution >= 0.6 is 0 Å². The highest BCUT2D eigenvalue weighted by atomic mass is 19.4. The number of carbonyl (C=O) groups excluding carboxylic acids is 3. The number of amides is 1. The van der Waals surface area contributed by atoms with Gasteiger partial charge in [-0.05, 0) is 57.9 Å². The van der Waals surface area contributed by atoms with Crippen molar-refractivity contribution in [1.82, 2.24) is 4.90 Å². The van der Waals surface area contributed by atoms with Gasteiger partial charge in [0.1, 0.15) is 23.9 Å². The molecule has 0 saturated heterocycles. The molecule has 0 heterocycles. The van der Waals surface area contributed by atoms with Crippen LogP contribution in [-0.4, -0.2) is 60.0 Å². The monoisotopic (exact) mass is 571 g/mol. The molecule has 0 aliphatic heterocycles. The molecule has 11 heteroatoms. The first-order valence-corrected chi connectivity index (χ1v) is 12.4. The first-order valence-electron chi connectivity index (χ1n) is 12.4. The summed E-state index contributed by atoms with van der Waals surface area (Å²) in [6.07, 6.45) is -3.57. The molecule has 0 bridgehead atoms. The Morgan fingerprint density at radius 1 is 0.975 bits per heavy atom. The van der Waals surface area contributed by atoms with E-state index in [0.717, 1.165) is 29.2 Å². The second-order valence-electron chi connectivity index (χ2n) is 10.6. The third kappa shape index (κ3) is 12.0. The van der Waals surface area contributed by atoms with Crippen LogP contribution in [0.3, 0.4) is 0 Å². The van der Waals surface area contributed by atoms with E-state index in [1.165, 1.54) is 39.1 Å². The van der Waals surface area contributed by atoms with E-state index in [9.17, 15) is 31.9 Å². The molecule has 0 saturated carbocycles. The van der Waals surface area contributed by atoms with E-state index in [4.69, 9.17) is 14.2 Å². The molecule has 1 amide bonds. The summed E-state index contributed by atoms with van der Waals surface area (Å²) < 4.78 is 69.6. The molecule has 40 heavy (non-hydrogen) atoms. The van der Waals surface area contributed by atoms with Crippen molar-refractivity contribution in [2.45, 2.75) is 77.1 Å². The van der Waals surface area contributed by atoms with Crippen LogP contribution in [-0.2, 0) is 36.4 Å². The van der Waals surface area contributed by atoms with Crippen LogP contribution in [0.15, 0.2) is 61.2 Å². The maximum atomic E-state index is 14.7. The SMILES string of the molecule is C=C/C=C(\C=C)COC(=O)C(Cc1ccc(C(F)(F)F)cc1)OC(=O)C(CC(C)(C)F)N(C)C(=O)OC(C)(C)C. The van der Waals surface area contributed by atoms with Crippen molar-refractivity contribution in [3.05, 3.63) is 72.4 Å². The number of halogens is 4. The Labute approximate surface area is 232 Å². The Balaban J connectivity index is 3.32. The lowest BCUT2D eigenvalue weighted by Crippen LogP contribution is -2.49. The Morgan fingerprint density at radius 2 is 1.55 bits per heavy atom. The number of nitrogens with zero attached hydrogens (tertiary/aromatic N) is 1. The number of carbonyl (C=O) groups is 3. The lowest BCUT2D eigenvalue weighted by atomic mass is 10.00. The Bertz CT molecular complexity index is 1080. The summed E-state index contributed by atoms with van der Waals surface area (Å²) >= 11 is 0. The van der Waals surface area contributed by atoms with Gasteiger partial charge in [0.15, 0.2) is 0 Å². The zero-order chi connectivity index (χ0) is 30.9. The molecule has 1 rings (SSSR count). The van der Waals surface area contributed by atoms with Crippen LogP contribution in [0, 0.1) is 0 Å². The van der Waals surface area contributed by atoms with Crippen molar-refractivity contribution in [2.75, 3.05) is 13.7 Å². The summed E-state index contributed by atoms with van der Waals surface area (Å²) in [5.41, 5.74) is -3.04. The Kier molecular flexibility index (Phi) is 12.2. The van der Waals surface area contributed by atoms with E-state index >= 15 is 0 Å². The van der Waals surface area contributed by atoms with E-state index in [0.29, 0.717) is 5.57 Å². The number of hydrogen-bond acceptors (Lipinski definition) is 6. The predicted molar refractivity (Wildman–Crippen MR) is 142 cm³/mol. The topological polar surface area (TPSA) is 82.1 Å². The second-order valence-corrected chi connectivity index (χ2v) is 10.6. The van der Waals surface area contributed by atoms with Gasteiger partial charge in [0.2, 0.25) is 6.10 Å². The molecule has 0 N–H and O–H groups in total. The first-order chi connectivity index (χ1) is 18.3. The van der Waals surface area contributed by atoms with Crippen molar-refractivity contribution < 1.29 is 46.2 Å². The molecule has 1 aromatic rings. The van der Waals surface area contributed by atoms with Gasteiger partial charge in [-0.15, -0.1) is 0 Å². The molecule has 0 aliphatic carbocycles. The minimum atomic E-state index is -4.57. The number of ether oxygens (including phenoxy) is 3. The molecule has 0 aliphatic rings. The van der Waals surface area contributed by atoms with Gasteiger partial charge in [-0.2, -0.15) is 13.2 Å². The van der Waals surface area contributed by atoms with Gasteiger partial charge >= 0.3 is 24.2 Å². The summed E-state index contributed by atoms with van der Waals surface area (Å²) in [6, 6.07) is 2.43. The fourth-order valence-electron chi connectivity index (χ4n) is 3.31. The molecule has 0 aromatic heterocycles. The van der Waals surface area contributed by atoms with Gasteiger partial charge < -0.3 is 14.2 Å². The minimum Gasteiger partial charge on any atom is -0.458 e. The molecular formula is C29H37F4NO6. The highest BCUT2D eigenvalue weighted by Gasteiger charge is 2.38. The number of likely N-dealkylation sites (N-methyl/N-ethyl adjacent to an activating group) is 1. The van der Waals surface area contributed by atoms with Gasteiger partial charge in [-0.1, -0.05) is 43.5 Å². The van der Waals surface area contributed by atoms with Gasteiger partial charge in [0.05, 0.1) is 5.56 Å². The number of esters is 2. The predicted octanol–water partition coefficient (Wildman–Crippen LogP) is 6.38. The van der Waals surface area contributed by atoms with Crippen molar-refractivity contribution >= 4 is 18.0 Å². The summed E-state index contributed by atoms with van der Waals surface area (Å²) in [4.78, 5) is 39.8. The van der Waals surface area contributed by atoms with E-state index in [-0.39, 0.29) is 18.6 Å². The lowest BCUT2D eigenvalue weighted by molar-refractivity contribution is -0.170. The normalized spacial score (nSPS) is 14.0. The quantitative estimate of drug-likeness (QED) is 0.125. The first kappa shape index (κ1) is 34.4. The zero-order valence-corrected chi connectivity index (χ0v) is 23.6. The molecule has 0 spiro atoms. The van der Waals surface area contributed by atoms with E-state index in [1.807, 2.05) is 0 Å². The molecular weight excluding hydrogens is 534 g/mol. The average Bonchev–Trinajstić information content (AvgIpc) is 2.82. The summed E-state index contributed by atoms with van der Waals surface area (Å²) in [6.45, 7) is 14.1. The van der Waals surface area contributed by atoms with Crippen LogP contribution in [0.25, 0.3) is 0 Å². The molecule has 2 unspecified atom stereocenters. The second kappa shape index (κ2) is 14.1. The number of rotatable bonds is 12. The van der Waals surface area contributed by atoms with Crippen LogP contribution in [0.1, 0.15) is 52.2 Å². The van der Waals surface area contributed by atoms with Crippen molar-refractivity contribution in [1.29, 1.82) is 0 Å². The zero-order valence-electron chi connectivity index (χ0n) is 23.6. The minimum absolute atomic E-state index is 0.233. The standard InChI is InChI=1S/C29H37F4NO6/c1-9-11-19(10-2)18-38-25(36)23(16-20-12-14-21(15-13-20)29(31,32)33)39-24(35)22(17-28(6,7)30)34(8)26(37)40-27(3,4)5/h9-15,22-23H,1-2,16-18H2,3-8H3/b19-11+. The van der Waals surface area contributed by atoms with E-state index < -0.39 is 59.6 Å². The maximum Gasteiger partial charge on any atom is 0.416 e. The number of allylic oxidation sites excluding steroid dienone is 2. The van der Waals surface area contributed by atoms with Crippen LogP contribution in [0.2, 0.25) is 0 Å². The summed E-state index contributed by atoms with van der Waals surface area (Å²) in [7, 11) is 1.23. The third-order valence-electron chi connectivity index (χ3n) is 5.30. The van der Waals surface area contributed by atoms with Crippen LogP contribution in [0.4, 0.5) is 22.4 Å². The number of hydrogen-bond donors (Lipinski definition) is 0. The Hall–Kier alpha value is -3.63. The lowest BCUT2D eigenvalue weighted by Gasteiger charge is -2.32. The van der Waals surface area contributed by atoms with E-state index in [1.54, 1.807) is 20.8 Å². The fraction of sp³-hybridized carbons (Fsp3) is 0.483. The highest BCUT2D eigenvalue weighted by Crippen LogP contribution is 2.29. The number of alkyl halides is 4. The van der Waals surface area contributed by atoms with Crippen molar-refractivity contribution in [2.24, 2.45) is 0 Å². The third-order valence-corrected chi connectivity index (χ3v) is 5.30. The molecule has 7 nitrogen and oxygen atoms in total. The number of benzene rings is 1. The van der Waals surface area contributed by atoms with Gasteiger partial charge in [-0.3, -0.25) is 4.90 Å². The maximum absolute atomic E-state index is 14.7. The molecule has 0 radical (unpaired) electrons. The van der Waals surface area contributed by atoms with Crippen LogP contribution < -0.4 is 0 Å². The van der Waals surface area contributed by atoms with E-state index in [2.05, 4.69) is 13.2 Å². The van der Waals surface area contributed by atoms with Crippen molar-refractivity contribution in [3.63, 3.8) is 0 Å². The molecule has 0 fully saturated rings. The fourth-order valence-corrected chi connectivity index (χ4v) is 3.31. The molecule has 222 valence electrons. The average molecular weight is 572 g/mol. The van der Waals surface area contributed by atoms with Crippen LogP contribution in [0.5, 0.6) is 0 Å². The molecule has 2 atom stereocenters. The molecule has 1 aromatic carbocycles. The van der Waals surface area contributed by atoms with Gasteiger partial charge in [0.25, 0.3) is 0 Å².